The monoisotopic (exact) mass is 246 g/mol. The number of hydrogen-bond donors (Lipinski definition) is 0. The Morgan fingerprint density at radius 1 is 1.17 bits per heavy atom. The van der Waals surface area contributed by atoms with Crippen LogP contribution < -0.4 is 0 Å². The third-order valence-electron chi connectivity index (χ3n) is 3.62. The van der Waals surface area contributed by atoms with Crippen molar-refractivity contribution in [2.45, 2.75) is 45.6 Å². The fourth-order valence-electron chi connectivity index (χ4n) is 1.98. The Bertz CT molecular complexity index is 391. The molecule has 0 spiro atoms. The van der Waals surface area contributed by atoms with Crippen LogP contribution in [0, 0.1) is 0 Å². The number of benzene rings is 1. The third-order valence-corrected chi connectivity index (χ3v) is 3.62. The quantitative estimate of drug-likeness (QED) is 0.693. The maximum Gasteiger partial charge on any atom is 0.338 e. The third kappa shape index (κ3) is 3.22. The van der Waals surface area contributed by atoms with Gasteiger partial charge in [0, 0.05) is 0 Å². The number of carbonyl (C=O) groups is 1. The molecule has 98 valence electrons. The minimum atomic E-state index is -0.325. The van der Waals surface area contributed by atoms with Crippen LogP contribution in [0.2, 0.25) is 0 Å². The van der Waals surface area contributed by atoms with E-state index >= 15 is 0 Å². The molecular formula is C16H22O2. The molecule has 0 N–H and O–H groups in total. The van der Waals surface area contributed by atoms with Crippen molar-refractivity contribution in [2.75, 3.05) is 0 Å². The molecule has 0 aromatic heterocycles. The molecule has 0 heterocycles. The van der Waals surface area contributed by atoms with Gasteiger partial charge in [0.1, 0.15) is 5.60 Å². The molecule has 0 saturated heterocycles. The molecule has 0 atom stereocenters. The smallest absolute Gasteiger partial charge is 0.338 e. The van der Waals surface area contributed by atoms with Crippen LogP contribution in [-0.4, -0.2) is 11.6 Å². The van der Waals surface area contributed by atoms with Crippen molar-refractivity contribution in [3.63, 3.8) is 0 Å². The van der Waals surface area contributed by atoms with Crippen molar-refractivity contribution in [1.82, 2.24) is 0 Å². The Morgan fingerprint density at radius 3 is 2.06 bits per heavy atom. The standard InChI is InChI=1S/C16H22O2/c1-5-13-9-11-14(12-10-13)15(17)18-16(6-2,7-3)8-4/h5,9-12H,1,6-8H2,2-4H3. The summed E-state index contributed by atoms with van der Waals surface area (Å²) in [5.74, 6) is -0.240. The highest BCUT2D eigenvalue weighted by Crippen LogP contribution is 2.26. The van der Waals surface area contributed by atoms with E-state index in [4.69, 9.17) is 4.74 Å². The summed E-state index contributed by atoms with van der Waals surface area (Å²) in [6.07, 6.45) is 4.28. The van der Waals surface area contributed by atoms with Gasteiger partial charge in [0.25, 0.3) is 0 Å². The highest BCUT2D eigenvalue weighted by Gasteiger charge is 2.28. The fraction of sp³-hybridized carbons (Fsp3) is 0.438. The fourth-order valence-corrected chi connectivity index (χ4v) is 1.98. The Balaban J connectivity index is 2.83. The zero-order valence-electron chi connectivity index (χ0n) is 11.5. The first-order valence-electron chi connectivity index (χ1n) is 6.56. The van der Waals surface area contributed by atoms with Crippen molar-refractivity contribution in [3.05, 3.63) is 42.0 Å². The lowest BCUT2D eigenvalue weighted by atomic mass is 9.94. The van der Waals surface area contributed by atoms with Crippen molar-refractivity contribution in [3.8, 4) is 0 Å². The van der Waals surface area contributed by atoms with Crippen LogP contribution in [0.15, 0.2) is 30.8 Å². The molecule has 2 heteroatoms. The second kappa shape index (κ2) is 6.39. The largest absolute Gasteiger partial charge is 0.456 e. The Morgan fingerprint density at radius 2 is 1.67 bits per heavy atom. The zero-order valence-corrected chi connectivity index (χ0v) is 11.5. The summed E-state index contributed by atoms with van der Waals surface area (Å²) < 4.78 is 5.68. The molecule has 0 aliphatic rings. The number of ether oxygens (including phenoxy) is 1. The molecule has 0 fully saturated rings. The Hall–Kier alpha value is -1.57. The number of esters is 1. The normalized spacial score (nSPS) is 11.1. The maximum absolute atomic E-state index is 12.1. The van der Waals surface area contributed by atoms with Gasteiger partial charge in [-0.3, -0.25) is 0 Å². The first kappa shape index (κ1) is 14.5. The molecular weight excluding hydrogens is 224 g/mol. The zero-order chi connectivity index (χ0) is 13.6. The molecule has 0 aliphatic heterocycles. The van der Waals surface area contributed by atoms with Crippen LogP contribution in [0.1, 0.15) is 56.0 Å². The lowest BCUT2D eigenvalue weighted by Gasteiger charge is -2.30. The average molecular weight is 246 g/mol. The summed E-state index contributed by atoms with van der Waals surface area (Å²) >= 11 is 0. The van der Waals surface area contributed by atoms with Gasteiger partial charge in [-0.05, 0) is 37.0 Å². The van der Waals surface area contributed by atoms with Gasteiger partial charge in [-0.1, -0.05) is 45.6 Å². The lowest BCUT2D eigenvalue weighted by molar-refractivity contribution is -0.0249. The summed E-state index contributed by atoms with van der Waals surface area (Å²) in [6, 6.07) is 7.31. The minimum Gasteiger partial charge on any atom is -0.456 e. The van der Waals surface area contributed by atoms with E-state index in [1.807, 2.05) is 12.1 Å². The summed E-state index contributed by atoms with van der Waals surface area (Å²) in [7, 11) is 0. The van der Waals surface area contributed by atoms with Crippen LogP contribution in [-0.2, 0) is 4.74 Å². The second-order valence-corrected chi connectivity index (χ2v) is 4.46. The van der Waals surface area contributed by atoms with Crippen LogP contribution in [0.5, 0.6) is 0 Å². The first-order chi connectivity index (χ1) is 8.60. The van der Waals surface area contributed by atoms with Crippen molar-refractivity contribution in [2.24, 2.45) is 0 Å². The predicted octanol–water partition coefficient (Wildman–Crippen LogP) is 4.46. The molecule has 0 amide bonds. The molecule has 18 heavy (non-hydrogen) atoms. The average Bonchev–Trinajstić information content (AvgIpc) is 2.45. The van der Waals surface area contributed by atoms with E-state index in [1.54, 1.807) is 18.2 Å². The summed E-state index contributed by atoms with van der Waals surface area (Å²) in [5, 5.41) is 0. The summed E-state index contributed by atoms with van der Waals surface area (Å²) in [6.45, 7) is 9.86. The first-order valence-corrected chi connectivity index (χ1v) is 6.56. The topological polar surface area (TPSA) is 26.3 Å². The maximum atomic E-state index is 12.1. The highest BCUT2D eigenvalue weighted by atomic mass is 16.6. The lowest BCUT2D eigenvalue weighted by Crippen LogP contribution is -2.33. The van der Waals surface area contributed by atoms with Gasteiger partial charge >= 0.3 is 5.97 Å². The predicted molar refractivity (Wildman–Crippen MR) is 75.6 cm³/mol. The molecule has 1 rings (SSSR count). The molecule has 0 unspecified atom stereocenters. The molecule has 0 bridgehead atoms. The van der Waals surface area contributed by atoms with Crippen LogP contribution in [0.3, 0.4) is 0 Å². The van der Waals surface area contributed by atoms with E-state index in [2.05, 4.69) is 27.4 Å². The summed E-state index contributed by atoms with van der Waals surface area (Å²) in [4.78, 5) is 12.1. The second-order valence-electron chi connectivity index (χ2n) is 4.46. The van der Waals surface area contributed by atoms with Gasteiger partial charge in [-0.25, -0.2) is 4.79 Å². The van der Waals surface area contributed by atoms with Gasteiger partial charge in [-0.2, -0.15) is 0 Å². The van der Waals surface area contributed by atoms with E-state index in [9.17, 15) is 4.79 Å². The van der Waals surface area contributed by atoms with Gasteiger partial charge in [0.2, 0.25) is 0 Å². The van der Waals surface area contributed by atoms with E-state index in [-0.39, 0.29) is 11.6 Å². The highest BCUT2D eigenvalue weighted by molar-refractivity contribution is 5.89. The Kier molecular flexibility index (Phi) is 5.14. The van der Waals surface area contributed by atoms with Crippen LogP contribution in [0.4, 0.5) is 0 Å². The minimum absolute atomic E-state index is 0.240. The van der Waals surface area contributed by atoms with E-state index in [0.717, 1.165) is 24.8 Å². The van der Waals surface area contributed by atoms with Crippen molar-refractivity contribution in [1.29, 1.82) is 0 Å². The molecule has 0 saturated carbocycles. The van der Waals surface area contributed by atoms with E-state index < -0.39 is 0 Å². The van der Waals surface area contributed by atoms with Crippen LogP contribution in [0.25, 0.3) is 6.08 Å². The van der Waals surface area contributed by atoms with Crippen LogP contribution >= 0.6 is 0 Å². The summed E-state index contributed by atoms with van der Waals surface area (Å²) in [5.41, 5.74) is 1.27. The number of rotatable bonds is 6. The van der Waals surface area contributed by atoms with Gasteiger partial charge < -0.3 is 4.74 Å². The van der Waals surface area contributed by atoms with E-state index in [1.165, 1.54) is 0 Å². The number of carbonyl (C=O) groups excluding carboxylic acids is 1. The Labute approximate surface area is 110 Å². The van der Waals surface area contributed by atoms with Gasteiger partial charge in [-0.15, -0.1) is 0 Å². The van der Waals surface area contributed by atoms with Crippen molar-refractivity contribution >= 4 is 12.0 Å². The van der Waals surface area contributed by atoms with Crippen molar-refractivity contribution < 1.29 is 9.53 Å². The molecule has 1 aromatic carbocycles. The SMILES string of the molecule is C=Cc1ccc(C(=O)OC(CC)(CC)CC)cc1. The molecule has 2 nitrogen and oxygen atoms in total. The van der Waals surface area contributed by atoms with Gasteiger partial charge in [0.05, 0.1) is 5.56 Å². The molecule has 0 radical (unpaired) electrons. The number of hydrogen-bond acceptors (Lipinski definition) is 2. The van der Waals surface area contributed by atoms with Gasteiger partial charge in [0.15, 0.2) is 0 Å². The molecule has 0 aliphatic carbocycles. The molecule has 1 aromatic rings. The van der Waals surface area contributed by atoms with E-state index in [0.29, 0.717) is 5.56 Å².